The first-order valence-corrected chi connectivity index (χ1v) is 11.1. The van der Waals surface area contributed by atoms with Gasteiger partial charge in [0.2, 0.25) is 0 Å². The lowest BCUT2D eigenvalue weighted by Crippen LogP contribution is -2.91. The molecule has 0 saturated heterocycles. The number of benzene rings is 1. The number of hydrogen-bond acceptors (Lipinski definition) is 6. The van der Waals surface area contributed by atoms with Crippen LogP contribution in [0.15, 0.2) is 24.3 Å². The second-order valence-corrected chi connectivity index (χ2v) is 10.3. The smallest absolute Gasteiger partial charge is 0.414 e. The van der Waals surface area contributed by atoms with Crippen LogP contribution in [0.25, 0.3) is 0 Å². The summed E-state index contributed by atoms with van der Waals surface area (Å²) >= 11 is 1.49. The summed E-state index contributed by atoms with van der Waals surface area (Å²) in [7, 11) is 0. The number of hydrogen-bond donors (Lipinski definition) is 3. The lowest BCUT2D eigenvalue weighted by Gasteiger charge is -2.21. The van der Waals surface area contributed by atoms with Crippen LogP contribution in [0.5, 0.6) is 0 Å². The molecule has 2 aliphatic carbocycles. The average molecular weight is 441 g/mol. The Morgan fingerprint density at radius 1 is 1.35 bits per heavy atom. The number of fused-ring (bicyclic) bond motifs is 1. The van der Waals surface area contributed by atoms with Crippen molar-refractivity contribution in [1.82, 2.24) is 4.98 Å². The fourth-order valence-electron chi connectivity index (χ4n) is 4.08. The summed E-state index contributed by atoms with van der Waals surface area (Å²) < 4.78 is 5.43. The van der Waals surface area contributed by atoms with Crippen LogP contribution >= 0.6 is 11.3 Å². The van der Waals surface area contributed by atoms with Gasteiger partial charge in [-0.3, -0.25) is 5.32 Å². The van der Waals surface area contributed by atoms with Crippen LogP contribution in [0.4, 0.5) is 20.4 Å². The third-order valence-electron chi connectivity index (χ3n) is 5.62. The van der Waals surface area contributed by atoms with Gasteiger partial charge in [-0.2, -0.15) is 10.1 Å². The molecular formula is C22H26N5O3S+. The molecule has 2 atom stereocenters. The molecule has 1 spiro atoms. The Hall–Kier alpha value is -2.96. The van der Waals surface area contributed by atoms with Crippen molar-refractivity contribution in [3.8, 4) is 6.07 Å². The Balaban J connectivity index is 1.34. The number of carbonyl (C=O) groups is 2. The molecule has 1 fully saturated rings. The number of rotatable bonds is 3. The summed E-state index contributed by atoms with van der Waals surface area (Å²) in [6.07, 6.45) is 3.45. The number of urea groups is 1. The Labute approximate surface area is 185 Å². The summed E-state index contributed by atoms with van der Waals surface area (Å²) in [4.78, 5) is 30.2. The van der Waals surface area contributed by atoms with E-state index in [1.165, 1.54) is 16.2 Å². The Morgan fingerprint density at radius 2 is 2.16 bits per heavy atom. The zero-order valence-corrected chi connectivity index (χ0v) is 18.6. The molecule has 31 heavy (non-hydrogen) atoms. The maximum absolute atomic E-state index is 12.3. The summed E-state index contributed by atoms with van der Waals surface area (Å²) in [6, 6.07) is 8.64. The zero-order chi connectivity index (χ0) is 22.2. The largest absolute Gasteiger partial charge is 0.513 e. The highest BCUT2D eigenvalue weighted by Gasteiger charge is 2.60. The van der Waals surface area contributed by atoms with Crippen molar-refractivity contribution in [3.63, 3.8) is 0 Å². The molecule has 9 heteroatoms. The topological polar surface area (TPSA) is 121 Å². The molecule has 4 N–H and O–H groups in total. The number of anilines is 2. The number of primary amides is 1. The molecule has 8 nitrogen and oxygen atoms in total. The highest BCUT2D eigenvalue weighted by Crippen LogP contribution is 2.54. The fourth-order valence-corrected chi connectivity index (χ4v) is 5.24. The minimum absolute atomic E-state index is 0.119. The van der Waals surface area contributed by atoms with Gasteiger partial charge in [0.15, 0.2) is 5.13 Å². The number of nitrogens with one attached hydrogen (secondary N) is 2. The van der Waals surface area contributed by atoms with Gasteiger partial charge in [0.05, 0.1) is 17.3 Å². The van der Waals surface area contributed by atoms with Crippen LogP contribution in [0.1, 0.15) is 49.7 Å². The molecule has 0 bridgehead atoms. The molecule has 1 saturated carbocycles. The number of thiazole rings is 1. The van der Waals surface area contributed by atoms with Crippen LogP contribution in [0.3, 0.4) is 0 Å². The predicted octanol–water partition coefficient (Wildman–Crippen LogP) is 3.40. The predicted molar refractivity (Wildman–Crippen MR) is 117 cm³/mol. The van der Waals surface area contributed by atoms with Gasteiger partial charge in [-0.25, -0.2) is 15.1 Å². The first-order valence-electron chi connectivity index (χ1n) is 10.3. The monoisotopic (exact) mass is 440 g/mol. The number of nitrogens with two attached hydrogens (primary N) is 1. The fraction of sp³-hybridized carbons (Fsp3) is 0.455. The van der Waals surface area contributed by atoms with Crippen LogP contribution in [-0.2, 0) is 17.6 Å². The van der Waals surface area contributed by atoms with Crippen LogP contribution in [0, 0.1) is 16.7 Å². The second kappa shape index (κ2) is 7.94. The second-order valence-electron chi connectivity index (χ2n) is 9.21. The lowest BCUT2D eigenvalue weighted by atomic mass is 9.87. The number of nitrogens with zero attached hydrogens (tertiary/aromatic N) is 2. The van der Waals surface area contributed by atoms with Gasteiger partial charge in [0.25, 0.3) is 0 Å². The van der Waals surface area contributed by atoms with Gasteiger partial charge in [0, 0.05) is 22.4 Å². The molecule has 1 unspecified atom stereocenters. The first kappa shape index (κ1) is 21.3. The number of nitriles is 1. The van der Waals surface area contributed by atoms with Crippen molar-refractivity contribution in [2.24, 2.45) is 5.41 Å². The molecule has 2 aliphatic rings. The standard InChI is InChI=1S/C22H25N5O3S/c1-21(2,3)30-20(29)26-17-11-22(17)8-7-15-16(10-22)31-19(25-15)27-18(28)24-14-6-4-5-13(9-14)12-23/h4-6,9,17H,7-8,10-11H2,1-3H3,(H,26,29)(H2,24,25,27,28)/p+1/t17-,22?/m0/s1. The van der Waals surface area contributed by atoms with Gasteiger partial charge in [-0.05, 0) is 58.2 Å². The zero-order valence-electron chi connectivity index (χ0n) is 17.8. The van der Waals surface area contributed by atoms with Gasteiger partial charge in [-0.15, -0.1) is 11.3 Å². The van der Waals surface area contributed by atoms with E-state index in [-0.39, 0.29) is 17.6 Å². The molecular weight excluding hydrogens is 414 g/mol. The van der Waals surface area contributed by atoms with Crippen molar-refractivity contribution >= 4 is 34.3 Å². The van der Waals surface area contributed by atoms with E-state index in [1.807, 2.05) is 26.8 Å². The molecule has 4 rings (SSSR count). The quantitative estimate of drug-likeness (QED) is 0.675. The van der Waals surface area contributed by atoms with E-state index in [9.17, 15) is 9.59 Å². The molecule has 2 aromatic rings. The van der Waals surface area contributed by atoms with Crippen molar-refractivity contribution in [2.45, 2.75) is 58.1 Å². The number of aryl methyl sites for hydroxylation is 1. The lowest BCUT2D eigenvalue weighted by molar-refractivity contribution is -0.593. The molecule has 1 aromatic heterocycles. The summed E-state index contributed by atoms with van der Waals surface area (Å²) in [6.45, 7) is 5.61. The highest BCUT2D eigenvalue weighted by atomic mass is 32.1. The van der Waals surface area contributed by atoms with Crippen molar-refractivity contribution in [3.05, 3.63) is 40.4 Å². The SMILES string of the molecule is CC(C)(C)OC(=O)[NH2+][C@H]1CC12CCc1nc(NC(=O)Nc3cccc(C#N)c3)sc1C2. The van der Waals surface area contributed by atoms with Crippen molar-refractivity contribution in [2.75, 3.05) is 10.6 Å². The van der Waals surface area contributed by atoms with Gasteiger partial charge in [0.1, 0.15) is 11.6 Å². The number of carbonyl (C=O) groups excluding carboxylic acids is 2. The van der Waals surface area contributed by atoms with Gasteiger partial charge in [-0.1, -0.05) is 6.07 Å². The van der Waals surface area contributed by atoms with E-state index in [0.29, 0.717) is 16.4 Å². The minimum atomic E-state index is -0.482. The third kappa shape index (κ3) is 5.03. The van der Waals surface area contributed by atoms with Crippen LogP contribution < -0.4 is 16.0 Å². The van der Waals surface area contributed by atoms with E-state index >= 15 is 0 Å². The number of amides is 3. The Bertz CT molecular complexity index is 1070. The molecule has 162 valence electrons. The van der Waals surface area contributed by atoms with E-state index < -0.39 is 11.6 Å². The van der Waals surface area contributed by atoms with E-state index in [1.54, 1.807) is 29.6 Å². The minimum Gasteiger partial charge on any atom is -0.414 e. The van der Waals surface area contributed by atoms with E-state index in [2.05, 4.69) is 15.6 Å². The van der Waals surface area contributed by atoms with Crippen molar-refractivity contribution in [1.29, 1.82) is 5.26 Å². The van der Waals surface area contributed by atoms with Gasteiger partial charge >= 0.3 is 12.1 Å². The van der Waals surface area contributed by atoms with Crippen LogP contribution in [0.2, 0.25) is 0 Å². The molecule has 0 aliphatic heterocycles. The van der Waals surface area contributed by atoms with E-state index in [0.717, 1.165) is 31.4 Å². The Kier molecular flexibility index (Phi) is 5.45. The van der Waals surface area contributed by atoms with E-state index in [4.69, 9.17) is 10.00 Å². The average Bonchev–Trinajstić information content (AvgIpc) is 3.14. The normalized spacial score (nSPS) is 21.7. The number of quaternary nitrogens is 1. The van der Waals surface area contributed by atoms with Crippen molar-refractivity contribution < 1.29 is 19.6 Å². The Morgan fingerprint density at radius 3 is 2.90 bits per heavy atom. The maximum Gasteiger partial charge on any atom is 0.513 e. The highest BCUT2D eigenvalue weighted by molar-refractivity contribution is 7.15. The molecule has 0 radical (unpaired) electrons. The third-order valence-corrected chi connectivity index (χ3v) is 6.63. The van der Waals surface area contributed by atoms with Gasteiger partial charge < -0.3 is 10.1 Å². The molecule has 1 aromatic carbocycles. The number of aromatic nitrogens is 1. The van der Waals surface area contributed by atoms with Crippen LogP contribution in [-0.4, -0.2) is 28.8 Å². The number of ether oxygens (including phenoxy) is 1. The first-order chi connectivity index (χ1) is 14.7. The molecule has 3 amide bonds. The molecule has 1 heterocycles. The summed E-state index contributed by atoms with van der Waals surface area (Å²) in [5.41, 5.74) is 1.70. The maximum atomic E-state index is 12.3. The summed E-state index contributed by atoms with van der Waals surface area (Å²) in [5.74, 6) is 0. The summed E-state index contributed by atoms with van der Waals surface area (Å²) in [5, 5.41) is 16.8.